The van der Waals surface area contributed by atoms with Crippen LogP contribution < -0.4 is 5.32 Å². The normalized spacial score (nSPS) is 17.2. The van der Waals surface area contributed by atoms with Crippen LogP contribution in [0.25, 0.3) is 17.3 Å². The zero-order valence-electron chi connectivity index (χ0n) is 18.3. The van der Waals surface area contributed by atoms with Crippen molar-refractivity contribution in [3.8, 4) is 11.3 Å². The lowest BCUT2D eigenvalue weighted by Crippen LogP contribution is -2.37. The lowest BCUT2D eigenvalue weighted by molar-refractivity contribution is -0.111. The smallest absolute Gasteiger partial charge is 0.248 e. The average Bonchev–Trinajstić information content (AvgIpc) is 3.16. The van der Waals surface area contributed by atoms with Crippen molar-refractivity contribution in [2.45, 2.75) is 6.54 Å². The van der Waals surface area contributed by atoms with E-state index in [0.717, 1.165) is 28.9 Å². The Morgan fingerprint density at radius 2 is 1.79 bits per heavy atom. The highest BCUT2D eigenvalue weighted by atomic mass is 32.3. The monoisotopic (exact) mass is 470 g/mol. The molecule has 7 nitrogen and oxygen atoms in total. The zero-order valence-corrected chi connectivity index (χ0v) is 19.1. The van der Waals surface area contributed by atoms with Gasteiger partial charge in [-0.15, -0.1) is 0 Å². The molecule has 33 heavy (non-hydrogen) atoms. The van der Waals surface area contributed by atoms with Crippen molar-refractivity contribution < 1.29 is 18.3 Å². The van der Waals surface area contributed by atoms with Gasteiger partial charge in [-0.1, -0.05) is 12.1 Å². The summed E-state index contributed by atoms with van der Waals surface area (Å²) in [6.45, 7) is 2.07. The molecule has 2 heterocycles. The van der Waals surface area contributed by atoms with E-state index < -0.39 is 10.6 Å². The predicted octanol–water partition coefficient (Wildman–Crippen LogP) is 4.44. The van der Waals surface area contributed by atoms with E-state index in [1.807, 2.05) is 24.3 Å². The van der Waals surface area contributed by atoms with Crippen molar-refractivity contribution in [3.63, 3.8) is 0 Å². The first-order chi connectivity index (χ1) is 15.8. The highest BCUT2D eigenvalue weighted by Crippen LogP contribution is 2.40. The van der Waals surface area contributed by atoms with Crippen LogP contribution in [-0.4, -0.2) is 54.3 Å². The van der Waals surface area contributed by atoms with Crippen LogP contribution >= 0.6 is 10.6 Å². The molecule has 1 aliphatic rings. The van der Waals surface area contributed by atoms with Crippen LogP contribution in [0.3, 0.4) is 0 Å². The van der Waals surface area contributed by atoms with Crippen molar-refractivity contribution in [2.24, 2.45) is 7.05 Å². The Kier molecular flexibility index (Phi) is 6.94. The predicted molar refractivity (Wildman–Crippen MR) is 131 cm³/mol. The molecule has 0 saturated carbocycles. The van der Waals surface area contributed by atoms with Gasteiger partial charge in [-0.05, 0) is 48.0 Å². The van der Waals surface area contributed by atoms with E-state index in [2.05, 4.69) is 15.3 Å². The van der Waals surface area contributed by atoms with Gasteiger partial charge in [-0.3, -0.25) is 23.5 Å². The number of nitrogens with one attached hydrogen (secondary N) is 1. The molecule has 3 N–H and O–H groups in total. The summed E-state index contributed by atoms with van der Waals surface area (Å²) in [6, 6.07) is 13.8. The van der Waals surface area contributed by atoms with Crippen LogP contribution in [0.1, 0.15) is 11.1 Å². The van der Waals surface area contributed by atoms with Gasteiger partial charge in [0.25, 0.3) is 0 Å². The third-order valence-electron chi connectivity index (χ3n) is 5.60. The molecule has 0 bridgehead atoms. The van der Waals surface area contributed by atoms with Crippen molar-refractivity contribution in [1.82, 2.24) is 14.7 Å². The minimum absolute atomic E-state index is 0.266. The molecule has 2 aromatic carbocycles. The van der Waals surface area contributed by atoms with Gasteiger partial charge < -0.3 is 5.32 Å². The van der Waals surface area contributed by atoms with Crippen molar-refractivity contribution in [2.75, 3.05) is 29.9 Å². The van der Waals surface area contributed by atoms with Gasteiger partial charge in [0.15, 0.2) is 0 Å². The van der Waals surface area contributed by atoms with Gasteiger partial charge in [0.1, 0.15) is 5.82 Å². The fraction of sp³-hybridized carbons (Fsp3) is 0.250. The number of anilines is 1. The fourth-order valence-electron chi connectivity index (χ4n) is 3.76. The third-order valence-corrected chi connectivity index (χ3v) is 7.27. The number of nitrogens with zero attached hydrogens (tertiary/aromatic N) is 3. The Hall–Kier alpha value is -2.98. The Balaban J connectivity index is 1.35. The summed E-state index contributed by atoms with van der Waals surface area (Å²) in [4.78, 5) is 14.6. The summed E-state index contributed by atoms with van der Waals surface area (Å²) in [7, 11) is -0.590. The summed E-state index contributed by atoms with van der Waals surface area (Å²) < 4.78 is 34.4. The first-order valence-corrected chi connectivity index (χ1v) is 12.5. The second kappa shape index (κ2) is 9.88. The maximum atomic E-state index is 13.3. The Labute approximate surface area is 193 Å². The second-order valence-corrected chi connectivity index (χ2v) is 10.5. The first-order valence-electron chi connectivity index (χ1n) is 10.6. The Morgan fingerprint density at radius 3 is 2.45 bits per heavy atom. The number of hydrogen-bond acceptors (Lipinski definition) is 5. The first kappa shape index (κ1) is 23.2. The maximum Gasteiger partial charge on any atom is 0.248 e. The van der Waals surface area contributed by atoms with Gasteiger partial charge >= 0.3 is 0 Å². The standard InChI is InChI=1S/C24H27FN4O3S/c1-28-24(19-4-7-21(25)8-5-19)20(16-26-28)6-11-23(30)27-22-9-2-18(3-10-22)17-29-12-14-33(31,32)15-13-29/h2-11,16,31-32H,12-15,17H2,1H3,(H,27,30). The number of hydrogen-bond donors (Lipinski definition) is 3. The Bertz CT molecular complexity index is 1130. The Morgan fingerprint density at radius 1 is 1.12 bits per heavy atom. The summed E-state index contributed by atoms with van der Waals surface area (Å²) in [5.74, 6) is 0.274. The number of rotatable bonds is 6. The molecule has 0 aliphatic carbocycles. The van der Waals surface area contributed by atoms with Crippen LogP contribution in [0.2, 0.25) is 0 Å². The second-order valence-electron chi connectivity index (χ2n) is 8.09. The van der Waals surface area contributed by atoms with E-state index in [4.69, 9.17) is 0 Å². The van der Waals surface area contributed by atoms with Gasteiger partial charge in [0.2, 0.25) is 5.91 Å². The lowest BCUT2D eigenvalue weighted by atomic mass is 10.1. The van der Waals surface area contributed by atoms with Crippen LogP contribution in [-0.2, 0) is 18.4 Å². The minimum atomic E-state index is -2.39. The van der Waals surface area contributed by atoms with Crippen molar-refractivity contribution in [1.29, 1.82) is 0 Å². The van der Waals surface area contributed by atoms with E-state index in [1.54, 1.807) is 36.1 Å². The highest BCUT2D eigenvalue weighted by molar-refractivity contribution is 8.24. The number of amides is 1. The van der Waals surface area contributed by atoms with E-state index >= 15 is 0 Å². The van der Waals surface area contributed by atoms with E-state index in [-0.39, 0.29) is 11.7 Å². The van der Waals surface area contributed by atoms with E-state index in [9.17, 15) is 18.3 Å². The molecule has 3 aromatic rings. The summed E-state index contributed by atoms with van der Waals surface area (Å²) in [5.41, 5.74) is 4.15. The SMILES string of the molecule is Cn1ncc(C=CC(=O)Nc2ccc(CN3CCS(O)(O)CC3)cc2)c1-c1ccc(F)cc1. The molecule has 9 heteroatoms. The third kappa shape index (κ3) is 6.08. The van der Waals surface area contributed by atoms with E-state index in [0.29, 0.717) is 30.3 Å². The van der Waals surface area contributed by atoms with Gasteiger partial charge in [-0.2, -0.15) is 15.7 Å². The molecular weight excluding hydrogens is 443 g/mol. The topological polar surface area (TPSA) is 90.6 Å². The van der Waals surface area contributed by atoms with Gasteiger partial charge in [0.05, 0.1) is 23.4 Å². The molecule has 0 spiro atoms. The molecule has 1 aliphatic heterocycles. The number of aryl methyl sites for hydroxylation is 1. The largest absolute Gasteiger partial charge is 0.323 e. The minimum Gasteiger partial charge on any atom is -0.323 e. The number of aromatic nitrogens is 2. The highest BCUT2D eigenvalue weighted by Gasteiger charge is 2.22. The van der Waals surface area contributed by atoms with Crippen molar-refractivity contribution >= 4 is 28.3 Å². The number of carbonyl (C=O) groups excluding carboxylic acids is 1. The molecule has 1 fully saturated rings. The summed E-state index contributed by atoms with van der Waals surface area (Å²) >= 11 is 0. The molecule has 1 amide bonds. The molecular formula is C24H27FN4O3S. The van der Waals surface area contributed by atoms with Crippen LogP contribution in [0.15, 0.2) is 60.8 Å². The van der Waals surface area contributed by atoms with E-state index in [1.165, 1.54) is 18.2 Å². The van der Waals surface area contributed by atoms with Crippen LogP contribution in [0.5, 0.6) is 0 Å². The molecule has 4 rings (SSSR count). The summed E-state index contributed by atoms with van der Waals surface area (Å²) in [6.07, 6.45) is 4.80. The molecule has 0 unspecified atom stereocenters. The van der Waals surface area contributed by atoms with Crippen molar-refractivity contribution in [3.05, 3.63) is 77.7 Å². The quantitative estimate of drug-likeness (QED) is 0.463. The molecule has 1 saturated heterocycles. The molecule has 0 radical (unpaired) electrons. The van der Waals surface area contributed by atoms with Crippen LogP contribution in [0, 0.1) is 5.82 Å². The average molecular weight is 471 g/mol. The fourth-order valence-corrected chi connectivity index (χ4v) is 5.07. The number of halogens is 1. The van der Waals surface area contributed by atoms with Gasteiger partial charge in [0, 0.05) is 49.6 Å². The number of benzene rings is 2. The molecule has 0 atom stereocenters. The molecule has 174 valence electrons. The number of carbonyl (C=O) groups is 1. The summed E-state index contributed by atoms with van der Waals surface area (Å²) in [5, 5.41) is 7.10. The van der Waals surface area contributed by atoms with Crippen LogP contribution in [0.4, 0.5) is 10.1 Å². The zero-order chi connectivity index (χ0) is 23.4. The van der Waals surface area contributed by atoms with Gasteiger partial charge in [-0.25, -0.2) is 4.39 Å². The maximum absolute atomic E-state index is 13.3. The molecule has 1 aromatic heterocycles. The lowest BCUT2D eigenvalue weighted by Gasteiger charge is -2.41.